The first-order valence-electron chi connectivity index (χ1n) is 5.92. The highest BCUT2D eigenvalue weighted by Crippen LogP contribution is 2.16. The van der Waals surface area contributed by atoms with E-state index in [2.05, 4.69) is 37.7 Å². The maximum Gasteiger partial charge on any atom is 0.0621 e. The van der Waals surface area contributed by atoms with Gasteiger partial charge in [0.15, 0.2) is 0 Å². The molecule has 0 fully saturated rings. The van der Waals surface area contributed by atoms with Crippen molar-refractivity contribution in [3.63, 3.8) is 0 Å². The van der Waals surface area contributed by atoms with Gasteiger partial charge in [-0.1, -0.05) is 27.7 Å². The van der Waals surface area contributed by atoms with Crippen LogP contribution in [-0.4, -0.2) is 9.97 Å². The minimum Gasteiger partial charge on any atom is -0.258 e. The molecule has 1 rings (SSSR count). The minimum atomic E-state index is 0.701. The van der Waals surface area contributed by atoms with Gasteiger partial charge in [-0.3, -0.25) is 9.97 Å². The molecule has 84 valence electrons. The third kappa shape index (κ3) is 3.98. The van der Waals surface area contributed by atoms with Crippen LogP contribution in [0.5, 0.6) is 0 Å². The molecule has 0 aromatic carbocycles. The van der Waals surface area contributed by atoms with Crippen LogP contribution in [0.15, 0.2) is 12.4 Å². The fraction of sp³-hybridized carbons (Fsp3) is 0.692. The van der Waals surface area contributed by atoms with Gasteiger partial charge in [-0.2, -0.15) is 0 Å². The molecular weight excluding hydrogens is 184 g/mol. The van der Waals surface area contributed by atoms with Gasteiger partial charge in [-0.25, -0.2) is 0 Å². The van der Waals surface area contributed by atoms with E-state index in [1.807, 2.05) is 0 Å². The molecule has 0 bridgehead atoms. The van der Waals surface area contributed by atoms with E-state index in [1.54, 1.807) is 12.4 Å². The summed E-state index contributed by atoms with van der Waals surface area (Å²) in [7, 11) is 0. The molecule has 0 radical (unpaired) electrons. The van der Waals surface area contributed by atoms with Gasteiger partial charge in [-0.15, -0.1) is 0 Å². The van der Waals surface area contributed by atoms with Crippen molar-refractivity contribution >= 4 is 0 Å². The average molecular weight is 206 g/mol. The van der Waals surface area contributed by atoms with E-state index in [-0.39, 0.29) is 0 Å². The van der Waals surface area contributed by atoms with Crippen molar-refractivity contribution in [2.24, 2.45) is 11.8 Å². The molecule has 1 aromatic rings. The summed E-state index contributed by atoms with van der Waals surface area (Å²) in [6.45, 7) is 8.98. The second kappa shape index (κ2) is 5.84. The van der Waals surface area contributed by atoms with Crippen LogP contribution in [0.1, 0.15) is 45.5 Å². The zero-order valence-corrected chi connectivity index (χ0v) is 10.3. The average Bonchev–Trinajstić information content (AvgIpc) is 2.17. The van der Waals surface area contributed by atoms with E-state index in [0.29, 0.717) is 5.92 Å². The molecule has 0 aliphatic heterocycles. The molecular formula is C13H22N2. The number of aromatic nitrogens is 2. The van der Waals surface area contributed by atoms with Gasteiger partial charge < -0.3 is 0 Å². The second-order valence-electron chi connectivity index (χ2n) is 4.74. The highest BCUT2D eigenvalue weighted by atomic mass is 14.8. The van der Waals surface area contributed by atoms with Crippen LogP contribution in [0.3, 0.4) is 0 Å². The molecule has 0 saturated heterocycles. The Bertz CT molecular complexity index is 294. The summed E-state index contributed by atoms with van der Waals surface area (Å²) in [6, 6.07) is 0. The molecule has 1 heterocycles. The lowest BCUT2D eigenvalue weighted by Crippen LogP contribution is -2.08. The lowest BCUT2D eigenvalue weighted by Gasteiger charge is -2.14. The number of aryl methyl sites for hydroxylation is 1. The summed E-state index contributed by atoms with van der Waals surface area (Å²) < 4.78 is 0. The summed E-state index contributed by atoms with van der Waals surface area (Å²) in [6.07, 6.45) is 6.90. The summed E-state index contributed by atoms with van der Waals surface area (Å²) in [4.78, 5) is 8.80. The first kappa shape index (κ1) is 12.2. The molecule has 0 spiro atoms. The standard InChI is InChI=1S/C13H22N2/c1-5-12-13(15-7-6-14-12)9-11(4)8-10(2)3/h6-7,10-11H,5,8-9H2,1-4H3. The van der Waals surface area contributed by atoms with E-state index in [1.165, 1.54) is 12.1 Å². The van der Waals surface area contributed by atoms with Crippen molar-refractivity contribution in [1.82, 2.24) is 9.97 Å². The molecule has 1 atom stereocenters. The first-order chi connectivity index (χ1) is 7.13. The van der Waals surface area contributed by atoms with Gasteiger partial charge >= 0.3 is 0 Å². The summed E-state index contributed by atoms with van der Waals surface area (Å²) in [5.41, 5.74) is 2.35. The Morgan fingerprint density at radius 2 is 1.67 bits per heavy atom. The first-order valence-corrected chi connectivity index (χ1v) is 5.92. The number of hydrogen-bond acceptors (Lipinski definition) is 2. The van der Waals surface area contributed by atoms with E-state index in [0.717, 1.165) is 24.5 Å². The maximum atomic E-state index is 4.43. The van der Waals surface area contributed by atoms with Crippen LogP contribution in [-0.2, 0) is 12.8 Å². The van der Waals surface area contributed by atoms with E-state index in [4.69, 9.17) is 0 Å². The predicted molar refractivity (Wildman–Crippen MR) is 63.7 cm³/mol. The van der Waals surface area contributed by atoms with Crippen LogP contribution in [0.2, 0.25) is 0 Å². The Kier molecular flexibility index (Phi) is 4.73. The third-order valence-corrected chi connectivity index (χ3v) is 2.61. The van der Waals surface area contributed by atoms with Crippen molar-refractivity contribution in [3.8, 4) is 0 Å². The van der Waals surface area contributed by atoms with Gasteiger partial charge in [0.05, 0.1) is 11.4 Å². The molecule has 0 amide bonds. The summed E-state index contributed by atoms with van der Waals surface area (Å²) in [5.74, 6) is 1.47. The van der Waals surface area contributed by atoms with Gasteiger partial charge in [0.1, 0.15) is 0 Å². The minimum absolute atomic E-state index is 0.701. The molecule has 1 unspecified atom stereocenters. The highest BCUT2D eigenvalue weighted by molar-refractivity contribution is 5.10. The Morgan fingerprint density at radius 3 is 2.20 bits per heavy atom. The molecule has 0 aliphatic carbocycles. The van der Waals surface area contributed by atoms with Gasteiger partial charge in [0.25, 0.3) is 0 Å². The van der Waals surface area contributed by atoms with Crippen LogP contribution < -0.4 is 0 Å². The molecule has 2 nitrogen and oxygen atoms in total. The van der Waals surface area contributed by atoms with Crippen LogP contribution in [0, 0.1) is 11.8 Å². The van der Waals surface area contributed by atoms with Crippen LogP contribution in [0.4, 0.5) is 0 Å². The van der Waals surface area contributed by atoms with E-state index >= 15 is 0 Å². The molecule has 15 heavy (non-hydrogen) atoms. The Hall–Kier alpha value is -0.920. The van der Waals surface area contributed by atoms with Crippen molar-refractivity contribution in [3.05, 3.63) is 23.8 Å². The van der Waals surface area contributed by atoms with Crippen molar-refractivity contribution in [2.45, 2.75) is 47.0 Å². The van der Waals surface area contributed by atoms with Crippen LogP contribution in [0.25, 0.3) is 0 Å². The van der Waals surface area contributed by atoms with Crippen molar-refractivity contribution < 1.29 is 0 Å². The number of rotatable bonds is 5. The van der Waals surface area contributed by atoms with Crippen molar-refractivity contribution in [1.29, 1.82) is 0 Å². The predicted octanol–water partition coefficient (Wildman–Crippen LogP) is 3.26. The Balaban J connectivity index is 2.63. The summed E-state index contributed by atoms with van der Waals surface area (Å²) in [5, 5.41) is 0. The van der Waals surface area contributed by atoms with Gasteiger partial charge in [0, 0.05) is 12.4 Å². The lowest BCUT2D eigenvalue weighted by molar-refractivity contribution is 0.432. The van der Waals surface area contributed by atoms with Crippen molar-refractivity contribution in [2.75, 3.05) is 0 Å². The van der Waals surface area contributed by atoms with Gasteiger partial charge in [0.2, 0.25) is 0 Å². The zero-order valence-electron chi connectivity index (χ0n) is 10.3. The molecule has 0 saturated carbocycles. The molecule has 2 heteroatoms. The Morgan fingerprint density at radius 1 is 1.07 bits per heavy atom. The molecule has 1 aromatic heterocycles. The third-order valence-electron chi connectivity index (χ3n) is 2.61. The fourth-order valence-electron chi connectivity index (χ4n) is 2.08. The topological polar surface area (TPSA) is 25.8 Å². The monoisotopic (exact) mass is 206 g/mol. The molecule has 0 N–H and O–H groups in total. The maximum absolute atomic E-state index is 4.43. The number of nitrogens with zero attached hydrogens (tertiary/aromatic N) is 2. The van der Waals surface area contributed by atoms with E-state index in [9.17, 15) is 0 Å². The molecule has 0 aliphatic rings. The zero-order chi connectivity index (χ0) is 11.3. The smallest absolute Gasteiger partial charge is 0.0621 e. The second-order valence-corrected chi connectivity index (χ2v) is 4.74. The summed E-state index contributed by atoms with van der Waals surface area (Å²) >= 11 is 0. The lowest BCUT2D eigenvalue weighted by atomic mass is 9.94. The highest BCUT2D eigenvalue weighted by Gasteiger charge is 2.10. The van der Waals surface area contributed by atoms with E-state index < -0.39 is 0 Å². The number of hydrogen-bond donors (Lipinski definition) is 0. The SMILES string of the molecule is CCc1nccnc1CC(C)CC(C)C. The van der Waals surface area contributed by atoms with Gasteiger partial charge in [-0.05, 0) is 31.1 Å². The Labute approximate surface area is 93.2 Å². The normalized spacial score (nSPS) is 13.1. The fourth-order valence-corrected chi connectivity index (χ4v) is 2.08. The van der Waals surface area contributed by atoms with Crippen LogP contribution >= 0.6 is 0 Å². The largest absolute Gasteiger partial charge is 0.258 e. The quantitative estimate of drug-likeness (QED) is 0.739.